The monoisotopic (exact) mass is 239 g/mol. The first-order valence-electron chi connectivity index (χ1n) is 6.19. The maximum atomic E-state index is 9.98. The van der Waals surface area contributed by atoms with E-state index in [0.717, 1.165) is 23.8 Å². The van der Waals surface area contributed by atoms with Crippen LogP contribution in [0.4, 0.5) is 0 Å². The molecule has 1 saturated heterocycles. The first-order valence-corrected chi connectivity index (χ1v) is 7.07. The number of likely N-dealkylation sites (tertiary alicyclic amines) is 1. The molecule has 1 fully saturated rings. The molecule has 16 heavy (non-hydrogen) atoms. The summed E-state index contributed by atoms with van der Waals surface area (Å²) in [7, 11) is 0. The van der Waals surface area contributed by atoms with E-state index < -0.39 is 0 Å². The molecule has 90 valence electrons. The molecule has 0 aliphatic carbocycles. The predicted octanol–water partition coefficient (Wildman–Crippen LogP) is 2.90. The summed E-state index contributed by atoms with van der Waals surface area (Å²) >= 11 is 1.65. The lowest BCUT2D eigenvalue weighted by Crippen LogP contribution is -2.34. The first kappa shape index (κ1) is 12.1. The third kappa shape index (κ3) is 3.30. The normalized spacial score (nSPS) is 21.1. The molecule has 2 rings (SSSR count). The van der Waals surface area contributed by atoms with Crippen LogP contribution in [0.3, 0.4) is 0 Å². The number of hydrogen-bond donors (Lipinski definition) is 1. The van der Waals surface area contributed by atoms with Crippen LogP contribution in [0.15, 0.2) is 17.5 Å². The van der Waals surface area contributed by atoms with Gasteiger partial charge in [-0.05, 0) is 49.7 Å². The minimum absolute atomic E-state index is 0.264. The molecule has 1 aromatic heterocycles. The van der Waals surface area contributed by atoms with Gasteiger partial charge in [-0.1, -0.05) is 13.0 Å². The predicted molar refractivity (Wildman–Crippen MR) is 68.7 cm³/mol. The number of nitrogens with zero attached hydrogens (tertiary/aromatic N) is 1. The largest absolute Gasteiger partial charge is 0.388 e. The number of aliphatic hydroxyl groups is 1. The van der Waals surface area contributed by atoms with Gasteiger partial charge >= 0.3 is 0 Å². The van der Waals surface area contributed by atoms with Gasteiger partial charge in [0.1, 0.15) is 0 Å². The summed E-state index contributed by atoms with van der Waals surface area (Å²) < 4.78 is 0. The highest BCUT2D eigenvalue weighted by atomic mass is 32.1. The molecule has 0 amide bonds. The Kier molecular flexibility index (Phi) is 4.38. The van der Waals surface area contributed by atoms with E-state index in [4.69, 9.17) is 0 Å². The lowest BCUT2D eigenvalue weighted by Gasteiger charge is -2.30. The van der Waals surface area contributed by atoms with Crippen molar-refractivity contribution in [3.05, 3.63) is 22.4 Å². The van der Waals surface area contributed by atoms with Crippen molar-refractivity contribution in [1.82, 2.24) is 4.90 Å². The lowest BCUT2D eigenvalue weighted by molar-refractivity contribution is 0.127. The molecule has 0 radical (unpaired) electrons. The Morgan fingerprint density at radius 3 is 2.88 bits per heavy atom. The summed E-state index contributed by atoms with van der Waals surface area (Å²) in [6.45, 7) is 5.78. The summed E-state index contributed by atoms with van der Waals surface area (Å²) in [5.41, 5.74) is 0. The van der Waals surface area contributed by atoms with Crippen molar-refractivity contribution >= 4 is 11.3 Å². The Labute approximate surface area is 102 Å². The van der Waals surface area contributed by atoms with Crippen LogP contribution in [0.25, 0.3) is 0 Å². The maximum absolute atomic E-state index is 9.98. The van der Waals surface area contributed by atoms with E-state index >= 15 is 0 Å². The highest BCUT2D eigenvalue weighted by Gasteiger charge is 2.17. The van der Waals surface area contributed by atoms with Crippen molar-refractivity contribution in [2.75, 3.05) is 19.6 Å². The molecule has 0 spiro atoms. The van der Waals surface area contributed by atoms with Gasteiger partial charge in [-0.3, -0.25) is 0 Å². The zero-order valence-electron chi connectivity index (χ0n) is 9.93. The Morgan fingerprint density at radius 1 is 1.50 bits per heavy atom. The Bertz CT molecular complexity index is 291. The molecule has 0 bridgehead atoms. The van der Waals surface area contributed by atoms with Crippen molar-refractivity contribution in [2.24, 2.45) is 5.92 Å². The Hall–Kier alpha value is -0.380. The van der Waals surface area contributed by atoms with Crippen LogP contribution >= 0.6 is 11.3 Å². The van der Waals surface area contributed by atoms with Crippen molar-refractivity contribution in [3.8, 4) is 0 Å². The third-order valence-corrected chi connectivity index (χ3v) is 4.44. The van der Waals surface area contributed by atoms with Crippen LogP contribution in [-0.4, -0.2) is 29.6 Å². The molecule has 0 unspecified atom stereocenters. The number of piperidine rings is 1. The van der Waals surface area contributed by atoms with Gasteiger partial charge in [-0.25, -0.2) is 0 Å². The zero-order chi connectivity index (χ0) is 11.4. The minimum atomic E-state index is -0.264. The van der Waals surface area contributed by atoms with Crippen LogP contribution < -0.4 is 0 Å². The minimum Gasteiger partial charge on any atom is -0.388 e. The van der Waals surface area contributed by atoms with Crippen LogP contribution in [0, 0.1) is 5.92 Å². The smallest absolute Gasteiger partial charge is 0.0894 e. The molecule has 1 atom stereocenters. The van der Waals surface area contributed by atoms with Gasteiger partial charge in [-0.15, -0.1) is 11.3 Å². The van der Waals surface area contributed by atoms with E-state index in [1.165, 1.54) is 25.9 Å². The highest BCUT2D eigenvalue weighted by Crippen LogP contribution is 2.23. The van der Waals surface area contributed by atoms with Crippen LogP contribution in [0.1, 0.15) is 37.2 Å². The highest BCUT2D eigenvalue weighted by molar-refractivity contribution is 7.10. The van der Waals surface area contributed by atoms with E-state index in [1.54, 1.807) is 11.3 Å². The fourth-order valence-electron chi connectivity index (χ4n) is 2.21. The topological polar surface area (TPSA) is 23.5 Å². The third-order valence-electron chi connectivity index (χ3n) is 3.47. The Balaban J connectivity index is 1.71. The average molecular weight is 239 g/mol. The summed E-state index contributed by atoms with van der Waals surface area (Å²) in [6.07, 6.45) is 3.23. The number of thiophene rings is 1. The molecule has 1 N–H and O–H groups in total. The maximum Gasteiger partial charge on any atom is 0.0894 e. The van der Waals surface area contributed by atoms with E-state index in [2.05, 4.69) is 11.8 Å². The number of hydrogen-bond acceptors (Lipinski definition) is 3. The van der Waals surface area contributed by atoms with Crippen molar-refractivity contribution in [3.63, 3.8) is 0 Å². The molecule has 1 aliphatic rings. The summed E-state index contributed by atoms with van der Waals surface area (Å²) in [4.78, 5) is 3.59. The van der Waals surface area contributed by atoms with Crippen molar-refractivity contribution in [2.45, 2.75) is 32.3 Å². The zero-order valence-corrected chi connectivity index (χ0v) is 10.7. The van der Waals surface area contributed by atoms with Gasteiger partial charge in [0.05, 0.1) is 6.10 Å². The molecule has 3 heteroatoms. The molecule has 2 nitrogen and oxygen atoms in total. The lowest BCUT2D eigenvalue weighted by atomic mass is 9.99. The van der Waals surface area contributed by atoms with E-state index in [-0.39, 0.29) is 6.10 Å². The quantitative estimate of drug-likeness (QED) is 0.873. The van der Waals surface area contributed by atoms with Gasteiger partial charge in [0.2, 0.25) is 0 Å². The fraction of sp³-hybridized carbons (Fsp3) is 0.692. The molecule has 1 aromatic rings. The van der Waals surface area contributed by atoms with Crippen LogP contribution in [0.2, 0.25) is 0 Å². The molecule has 1 aliphatic heterocycles. The second-order valence-corrected chi connectivity index (χ2v) is 5.82. The standard InChI is InChI=1S/C13H21NOS/c1-11-4-7-14(8-5-11)9-6-12(15)13-3-2-10-16-13/h2-3,10-12,15H,4-9H2,1H3/t12-/m0/s1. The molecule has 0 saturated carbocycles. The number of rotatable bonds is 4. The first-order chi connectivity index (χ1) is 7.75. The molecule has 2 heterocycles. The SMILES string of the molecule is CC1CCN(CC[C@H](O)c2cccs2)CC1. The fourth-order valence-corrected chi connectivity index (χ4v) is 2.96. The van der Waals surface area contributed by atoms with Gasteiger partial charge in [0.15, 0.2) is 0 Å². The summed E-state index contributed by atoms with van der Waals surface area (Å²) in [5.74, 6) is 0.887. The van der Waals surface area contributed by atoms with Gasteiger partial charge in [-0.2, -0.15) is 0 Å². The summed E-state index contributed by atoms with van der Waals surface area (Å²) in [6, 6.07) is 4.03. The second kappa shape index (κ2) is 5.80. The van der Waals surface area contributed by atoms with Gasteiger partial charge in [0, 0.05) is 11.4 Å². The van der Waals surface area contributed by atoms with Gasteiger partial charge < -0.3 is 10.0 Å². The molecular weight excluding hydrogens is 218 g/mol. The van der Waals surface area contributed by atoms with E-state index in [0.29, 0.717) is 0 Å². The second-order valence-electron chi connectivity index (χ2n) is 4.84. The van der Waals surface area contributed by atoms with Gasteiger partial charge in [0.25, 0.3) is 0 Å². The van der Waals surface area contributed by atoms with Crippen molar-refractivity contribution < 1.29 is 5.11 Å². The van der Waals surface area contributed by atoms with E-state index in [9.17, 15) is 5.11 Å². The molecular formula is C13H21NOS. The van der Waals surface area contributed by atoms with Crippen LogP contribution in [0.5, 0.6) is 0 Å². The van der Waals surface area contributed by atoms with E-state index in [1.807, 2.05) is 17.5 Å². The molecule has 0 aromatic carbocycles. The Morgan fingerprint density at radius 2 is 2.25 bits per heavy atom. The summed E-state index contributed by atoms with van der Waals surface area (Å²) in [5, 5.41) is 12.0. The van der Waals surface area contributed by atoms with Crippen LogP contribution in [-0.2, 0) is 0 Å². The number of aliphatic hydroxyl groups excluding tert-OH is 1. The average Bonchev–Trinajstić information content (AvgIpc) is 2.81. The van der Waals surface area contributed by atoms with Crippen molar-refractivity contribution in [1.29, 1.82) is 0 Å².